The molecule has 0 aromatic heterocycles. The smallest absolute Gasteiger partial charge is 0.251 e. The van der Waals surface area contributed by atoms with Gasteiger partial charge in [0.1, 0.15) is 0 Å². The van der Waals surface area contributed by atoms with Gasteiger partial charge in [-0.15, -0.1) is 0 Å². The topological polar surface area (TPSA) is 49.4 Å². The second-order valence-electron chi connectivity index (χ2n) is 5.65. The Bertz CT molecular complexity index is 750. The Morgan fingerprint density at radius 2 is 1.68 bits per heavy atom. The molecule has 0 unspecified atom stereocenters. The summed E-state index contributed by atoms with van der Waals surface area (Å²) in [6, 6.07) is 14.3. The second kappa shape index (κ2) is 9.44. The maximum Gasteiger partial charge on any atom is 0.251 e. The average molecular weight is 379 g/mol. The molecule has 0 saturated carbocycles. The van der Waals surface area contributed by atoms with Crippen molar-refractivity contribution in [2.24, 2.45) is 0 Å². The zero-order chi connectivity index (χ0) is 18.2. The van der Waals surface area contributed by atoms with Gasteiger partial charge in [-0.1, -0.05) is 41.4 Å². The van der Waals surface area contributed by atoms with Gasteiger partial charge in [-0.3, -0.25) is 9.59 Å². The van der Waals surface area contributed by atoms with E-state index < -0.39 is 0 Å². The largest absolute Gasteiger partial charge is 0.350 e. The zero-order valence-electron chi connectivity index (χ0n) is 14.0. The van der Waals surface area contributed by atoms with Crippen LogP contribution in [0.2, 0.25) is 10.0 Å². The Morgan fingerprint density at radius 3 is 2.32 bits per heavy atom. The first-order chi connectivity index (χ1) is 12.0. The third-order valence-corrected chi connectivity index (χ3v) is 4.23. The monoisotopic (exact) mass is 378 g/mol. The third kappa shape index (κ3) is 6.40. The van der Waals surface area contributed by atoms with E-state index in [2.05, 4.69) is 5.32 Å². The molecular formula is C19H20Cl2N2O2. The highest BCUT2D eigenvalue weighted by Gasteiger charge is 2.10. The summed E-state index contributed by atoms with van der Waals surface area (Å²) in [5, 5.41) is 4.00. The summed E-state index contributed by atoms with van der Waals surface area (Å²) in [5.41, 5.74) is 1.57. The Hall–Kier alpha value is -2.04. The number of carbonyl (C=O) groups excluding carboxylic acids is 2. The normalized spacial score (nSPS) is 10.4. The quantitative estimate of drug-likeness (QED) is 0.795. The molecule has 132 valence electrons. The van der Waals surface area contributed by atoms with Crippen molar-refractivity contribution in [3.8, 4) is 0 Å². The fourth-order valence-electron chi connectivity index (χ4n) is 2.42. The molecule has 0 saturated heterocycles. The van der Waals surface area contributed by atoms with Crippen molar-refractivity contribution in [2.75, 3.05) is 19.6 Å². The first-order valence-corrected chi connectivity index (χ1v) is 8.75. The second-order valence-corrected chi connectivity index (χ2v) is 6.53. The fraction of sp³-hybridized carbons (Fsp3) is 0.263. The molecule has 0 bridgehead atoms. The first-order valence-electron chi connectivity index (χ1n) is 7.99. The maximum atomic E-state index is 12.1. The van der Waals surface area contributed by atoms with E-state index in [1.165, 1.54) is 6.92 Å². The van der Waals surface area contributed by atoms with Gasteiger partial charge in [0.2, 0.25) is 5.91 Å². The lowest BCUT2D eigenvalue weighted by Crippen LogP contribution is -2.38. The Morgan fingerprint density at radius 1 is 1.00 bits per heavy atom. The van der Waals surface area contributed by atoms with Crippen molar-refractivity contribution in [1.29, 1.82) is 0 Å². The minimum absolute atomic E-state index is 0.0287. The molecular weight excluding hydrogens is 359 g/mol. The van der Waals surface area contributed by atoms with E-state index in [-0.39, 0.29) is 11.8 Å². The van der Waals surface area contributed by atoms with Crippen molar-refractivity contribution in [3.05, 3.63) is 69.7 Å². The van der Waals surface area contributed by atoms with E-state index >= 15 is 0 Å². The average Bonchev–Trinajstić information content (AvgIpc) is 2.57. The summed E-state index contributed by atoms with van der Waals surface area (Å²) in [7, 11) is 0. The minimum Gasteiger partial charge on any atom is -0.350 e. The first kappa shape index (κ1) is 19.3. The van der Waals surface area contributed by atoms with E-state index in [0.717, 1.165) is 5.56 Å². The molecule has 0 fully saturated rings. The van der Waals surface area contributed by atoms with Crippen LogP contribution >= 0.6 is 23.2 Å². The van der Waals surface area contributed by atoms with Crippen LogP contribution in [-0.4, -0.2) is 36.3 Å². The third-order valence-electron chi connectivity index (χ3n) is 3.76. The summed E-state index contributed by atoms with van der Waals surface area (Å²) >= 11 is 11.9. The molecule has 1 N–H and O–H groups in total. The lowest BCUT2D eigenvalue weighted by molar-refractivity contribution is -0.128. The van der Waals surface area contributed by atoms with Gasteiger partial charge in [0.25, 0.3) is 5.91 Å². The summed E-state index contributed by atoms with van der Waals surface area (Å²) in [6.45, 7) is 2.92. The standard InChI is InChI=1S/C19H20Cl2N2O2/c1-14(24)23(10-8-15-4-2-6-17(20)12-15)11-9-22-19(25)16-5-3-7-18(21)13-16/h2-7,12-13H,8-11H2,1H3,(H,22,25). The van der Waals surface area contributed by atoms with Crippen LogP contribution in [0.25, 0.3) is 0 Å². The number of nitrogens with zero attached hydrogens (tertiary/aromatic N) is 1. The van der Waals surface area contributed by atoms with Crippen molar-refractivity contribution in [3.63, 3.8) is 0 Å². The molecule has 2 amide bonds. The van der Waals surface area contributed by atoms with Gasteiger partial charge in [-0.05, 0) is 42.3 Å². The predicted molar refractivity (Wildman–Crippen MR) is 101 cm³/mol. The number of carbonyl (C=O) groups is 2. The highest BCUT2D eigenvalue weighted by Crippen LogP contribution is 2.12. The van der Waals surface area contributed by atoms with Gasteiger partial charge in [0.15, 0.2) is 0 Å². The van der Waals surface area contributed by atoms with E-state index in [0.29, 0.717) is 41.7 Å². The van der Waals surface area contributed by atoms with Crippen molar-refractivity contribution >= 4 is 35.0 Å². The van der Waals surface area contributed by atoms with Gasteiger partial charge in [0, 0.05) is 42.2 Å². The number of nitrogens with one attached hydrogen (secondary N) is 1. The van der Waals surface area contributed by atoms with Gasteiger partial charge >= 0.3 is 0 Å². The van der Waals surface area contributed by atoms with Gasteiger partial charge in [0.05, 0.1) is 0 Å². The van der Waals surface area contributed by atoms with Gasteiger partial charge < -0.3 is 10.2 Å². The van der Waals surface area contributed by atoms with Crippen LogP contribution in [0.4, 0.5) is 0 Å². The summed E-state index contributed by atoms with van der Waals surface area (Å²) in [4.78, 5) is 25.6. The molecule has 0 aliphatic rings. The number of halogens is 2. The van der Waals surface area contributed by atoms with Crippen LogP contribution in [0.3, 0.4) is 0 Å². The summed E-state index contributed by atoms with van der Waals surface area (Å²) < 4.78 is 0. The van der Waals surface area contributed by atoms with Crippen LogP contribution in [0.1, 0.15) is 22.8 Å². The number of hydrogen-bond donors (Lipinski definition) is 1. The SMILES string of the molecule is CC(=O)N(CCNC(=O)c1cccc(Cl)c1)CCc1cccc(Cl)c1. The molecule has 25 heavy (non-hydrogen) atoms. The molecule has 4 nitrogen and oxygen atoms in total. The number of hydrogen-bond acceptors (Lipinski definition) is 2. The number of benzene rings is 2. The molecule has 0 aliphatic carbocycles. The highest BCUT2D eigenvalue weighted by molar-refractivity contribution is 6.31. The highest BCUT2D eigenvalue weighted by atomic mass is 35.5. The van der Waals surface area contributed by atoms with Crippen molar-refractivity contribution in [1.82, 2.24) is 10.2 Å². The lowest BCUT2D eigenvalue weighted by atomic mass is 10.1. The summed E-state index contributed by atoms with van der Waals surface area (Å²) in [5.74, 6) is -0.236. The number of rotatable bonds is 7. The Balaban J connectivity index is 1.83. The molecule has 0 spiro atoms. The zero-order valence-corrected chi connectivity index (χ0v) is 15.5. The van der Waals surface area contributed by atoms with Gasteiger partial charge in [-0.2, -0.15) is 0 Å². The van der Waals surface area contributed by atoms with Gasteiger partial charge in [-0.25, -0.2) is 0 Å². The van der Waals surface area contributed by atoms with E-state index in [1.807, 2.05) is 24.3 Å². The maximum absolute atomic E-state index is 12.1. The van der Waals surface area contributed by atoms with Crippen LogP contribution in [0.5, 0.6) is 0 Å². The predicted octanol–water partition coefficient (Wildman–Crippen LogP) is 3.81. The van der Waals surface area contributed by atoms with Crippen LogP contribution in [0.15, 0.2) is 48.5 Å². The summed E-state index contributed by atoms with van der Waals surface area (Å²) in [6.07, 6.45) is 0.711. The molecule has 0 aliphatic heterocycles. The Labute approximate surface area is 157 Å². The molecule has 0 heterocycles. The number of amides is 2. The van der Waals surface area contributed by atoms with E-state index in [4.69, 9.17) is 23.2 Å². The van der Waals surface area contributed by atoms with E-state index in [9.17, 15) is 9.59 Å². The van der Waals surface area contributed by atoms with Crippen molar-refractivity contribution < 1.29 is 9.59 Å². The fourth-order valence-corrected chi connectivity index (χ4v) is 2.82. The molecule has 2 rings (SSSR count). The Kier molecular flexibility index (Phi) is 7.29. The van der Waals surface area contributed by atoms with E-state index in [1.54, 1.807) is 29.2 Å². The molecule has 6 heteroatoms. The molecule has 0 radical (unpaired) electrons. The molecule has 0 atom stereocenters. The minimum atomic E-state index is -0.208. The molecule has 2 aromatic rings. The van der Waals surface area contributed by atoms with Crippen LogP contribution < -0.4 is 5.32 Å². The molecule has 2 aromatic carbocycles. The lowest BCUT2D eigenvalue weighted by Gasteiger charge is -2.21. The van der Waals surface area contributed by atoms with Crippen molar-refractivity contribution in [2.45, 2.75) is 13.3 Å². The van der Waals surface area contributed by atoms with Crippen LogP contribution in [0, 0.1) is 0 Å². The van der Waals surface area contributed by atoms with Crippen LogP contribution in [-0.2, 0) is 11.2 Å².